The van der Waals surface area contributed by atoms with Gasteiger partial charge in [0, 0.05) is 48.1 Å². The summed E-state index contributed by atoms with van der Waals surface area (Å²) in [5.41, 5.74) is 12.8. The zero-order valence-corrected chi connectivity index (χ0v) is 31.2. The fraction of sp³-hybridized carbons (Fsp3) is 0.280. The second kappa shape index (κ2) is 11.2. The van der Waals surface area contributed by atoms with E-state index in [1.54, 1.807) is 22.3 Å². The lowest BCUT2D eigenvalue weighted by Crippen LogP contribution is -2.46. The van der Waals surface area contributed by atoms with Crippen molar-refractivity contribution in [1.82, 2.24) is 0 Å². The highest BCUT2D eigenvalue weighted by Crippen LogP contribution is 2.75. The molecule has 0 saturated heterocycles. The van der Waals surface area contributed by atoms with Crippen molar-refractivity contribution in [3.8, 4) is 11.1 Å². The molecule has 4 aliphatic carbocycles. The van der Waals surface area contributed by atoms with Gasteiger partial charge in [0.25, 0.3) is 0 Å². The average Bonchev–Trinajstić information content (AvgIpc) is 3.80. The van der Waals surface area contributed by atoms with Crippen LogP contribution in [0.1, 0.15) is 74.6 Å². The third-order valence-electron chi connectivity index (χ3n) is 14.1. The minimum absolute atomic E-state index is 0.0655. The Balaban J connectivity index is 1.13. The van der Waals surface area contributed by atoms with Crippen LogP contribution in [0.3, 0.4) is 0 Å². The van der Waals surface area contributed by atoms with E-state index in [4.69, 9.17) is 0 Å². The van der Waals surface area contributed by atoms with Gasteiger partial charge in [-0.1, -0.05) is 118 Å². The zero-order chi connectivity index (χ0) is 34.8. The topological polar surface area (TPSA) is 3.24 Å². The SMILES string of the molecule is CC1(C)c2ccccc2C2[C@H]3C[C@@H]4C[C@@H](C)C[C@@H](C3)C24c2cc(N(c3ccccc3)c3cccc(-c4cccc5c4sc4ccccc45)c3)ccc21. The zero-order valence-electron chi connectivity index (χ0n) is 30.3. The lowest BCUT2D eigenvalue weighted by atomic mass is 9.53. The third-order valence-corrected chi connectivity index (χ3v) is 15.3. The maximum Gasteiger partial charge on any atom is 0.0467 e. The van der Waals surface area contributed by atoms with Crippen LogP contribution in [0.4, 0.5) is 17.1 Å². The second-order valence-corrected chi connectivity index (χ2v) is 18.1. The monoisotopic (exact) mass is 691 g/mol. The number of rotatable bonds is 4. The fourth-order valence-corrected chi connectivity index (χ4v) is 13.6. The van der Waals surface area contributed by atoms with Crippen LogP contribution in [0.2, 0.25) is 0 Å². The van der Waals surface area contributed by atoms with E-state index in [2.05, 4.69) is 165 Å². The van der Waals surface area contributed by atoms with E-state index in [0.717, 1.165) is 23.7 Å². The Morgan fingerprint density at radius 2 is 1.27 bits per heavy atom. The third kappa shape index (κ3) is 4.16. The van der Waals surface area contributed by atoms with E-state index < -0.39 is 0 Å². The molecule has 52 heavy (non-hydrogen) atoms. The largest absolute Gasteiger partial charge is 0.310 e. The molecule has 3 saturated carbocycles. The molecular weight excluding hydrogens is 647 g/mol. The Hall–Kier alpha value is -4.66. The molecule has 0 amide bonds. The molecule has 3 atom stereocenters. The van der Waals surface area contributed by atoms with E-state index in [1.807, 2.05) is 11.3 Å². The molecule has 2 heteroatoms. The standard InChI is InChI=1S/C50H45NS/c1-31-25-34-27-33-28-35(26-31)50(34)45-30-38(23-24-44(45)49(2,3)43-21-9-7-18-42(43)47(33)50)51(36-14-5-4-6-15-36)37-16-11-13-32(29-37)39-19-12-20-41-40-17-8-10-22-46(40)52-48(39)41/h4-24,29-31,33-35,47H,25-28H2,1-3H3/t31-,33+,34-,35-,47?,50?/m0/s1. The van der Waals surface area contributed by atoms with Gasteiger partial charge in [0.05, 0.1) is 0 Å². The predicted octanol–water partition coefficient (Wildman–Crippen LogP) is 13.9. The molecule has 0 radical (unpaired) electrons. The lowest BCUT2D eigenvalue weighted by molar-refractivity contribution is 0.0822. The summed E-state index contributed by atoms with van der Waals surface area (Å²) in [5.74, 6) is 3.70. The number of anilines is 3. The summed E-state index contributed by atoms with van der Waals surface area (Å²) in [6, 6.07) is 53.3. The summed E-state index contributed by atoms with van der Waals surface area (Å²) in [7, 11) is 0. The molecule has 2 bridgehead atoms. The van der Waals surface area contributed by atoms with Crippen LogP contribution in [0.25, 0.3) is 31.3 Å². The first-order chi connectivity index (χ1) is 25.4. The summed E-state index contributed by atoms with van der Waals surface area (Å²) < 4.78 is 2.71. The van der Waals surface area contributed by atoms with Gasteiger partial charge in [0.1, 0.15) is 0 Å². The Morgan fingerprint density at radius 1 is 0.577 bits per heavy atom. The van der Waals surface area contributed by atoms with Crippen LogP contribution in [0, 0.1) is 23.7 Å². The van der Waals surface area contributed by atoms with Crippen molar-refractivity contribution in [2.75, 3.05) is 4.90 Å². The van der Waals surface area contributed by atoms with E-state index in [-0.39, 0.29) is 10.8 Å². The van der Waals surface area contributed by atoms with E-state index >= 15 is 0 Å². The highest BCUT2D eigenvalue weighted by atomic mass is 32.1. The van der Waals surface area contributed by atoms with Gasteiger partial charge >= 0.3 is 0 Å². The normalized spacial score (nSPS) is 26.5. The van der Waals surface area contributed by atoms with Crippen molar-refractivity contribution in [3.63, 3.8) is 0 Å². The van der Waals surface area contributed by atoms with E-state index in [9.17, 15) is 0 Å². The molecule has 1 heterocycles. The van der Waals surface area contributed by atoms with Crippen molar-refractivity contribution < 1.29 is 0 Å². The number of nitrogens with zero attached hydrogens (tertiary/aromatic N) is 1. The number of hydrogen-bond acceptors (Lipinski definition) is 2. The Bertz CT molecular complexity index is 2510. The molecule has 4 aliphatic rings. The van der Waals surface area contributed by atoms with Gasteiger partial charge in [-0.2, -0.15) is 0 Å². The molecule has 1 spiro atoms. The van der Waals surface area contributed by atoms with Crippen LogP contribution in [-0.4, -0.2) is 0 Å². The molecule has 6 aromatic carbocycles. The molecule has 7 aromatic rings. The summed E-state index contributed by atoms with van der Waals surface area (Å²) in [4.78, 5) is 2.53. The molecular formula is C50H45NS. The fourth-order valence-electron chi connectivity index (χ4n) is 12.4. The molecule has 1 aromatic heterocycles. The molecule has 256 valence electrons. The summed E-state index contributed by atoms with van der Waals surface area (Å²) in [6.07, 6.45) is 5.50. The van der Waals surface area contributed by atoms with Gasteiger partial charge in [-0.15, -0.1) is 11.3 Å². The van der Waals surface area contributed by atoms with Crippen LogP contribution in [-0.2, 0) is 10.8 Å². The van der Waals surface area contributed by atoms with E-state index in [0.29, 0.717) is 5.92 Å². The predicted molar refractivity (Wildman–Crippen MR) is 221 cm³/mol. The van der Waals surface area contributed by atoms with Gasteiger partial charge in [-0.3, -0.25) is 0 Å². The Morgan fingerprint density at radius 3 is 2.12 bits per heavy atom. The van der Waals surface area contributed by atoms with Gasteiger partial charge in [0.2, 0.25) is 0 Å². The van der Waals surface area contributed by atoms with Crippen molar-refractivity contribution >= 4 is 48.6 Å². The summed E-state index contributed by atoms with van der Waals surface area (Å²) in [5, 5.41) is 2.69. The number of hydrogen-bond donors (Lipinski definition) is 0. The first kappa shape index (κ1) is 30.9. The minimum atomic E-state index is -0.0655. The molecule has 0 N–H and O–H groups in total. The van der Waals surface area contributed by atoms with Crippen LogP contribution < -0.4 is 4.90 Å². The van der Waals surface area contributed by atoms with E-state index in [1.165, 1.54) is 74.0 Å². The quantitative estimate of drug-likeness (QED) is 0.178. The first-order valence-corrected chi connectivity index (χ1v) is 20.3. The smallest absolute Gasteiger partial charge is 0.0467 e. The van der Waals surface area contributed by atoms with Gasteiger partial charge in [-0.05, 0) is 131 Å². The lowest BCUT2D eigenvalue weighted by Gasteiger charge is -2.51. The highest BCUT2D eigenvalue weighted by molar-refractivity contribution is 7.26. The van der Waals surface area contributed by atoms with Gasteiger partial charge in [0.15, 0.2) is 0 Å². The molecule has 0 aliphatic heterocycles. The number of fused-ring (bicyclic) bond motifs is 5. The summed E-state index contributed by atoms with van der Waals surface area (Å²) in [6.45, 7) is 7.53. The Kier molecular flexibility index (Phi) is 6.64. The van der Waals surface area contributed by atoms with Crippen molar-refractivity contribution in [1.29, 1.82) is 0 Å². The molecule has 1 nitrogen and oxygen atoms in total. The average molecular weight is 692 g/mol. The van der Waals surface area contributed by atoms with Crippen LogP contribution >= 0.6 is 11.3 Å². The maximum atomic E-state index is 2.69. The van der Waals surface area contributed by atoms with Crippen molar-refractivity contribution in [3.05, 3.63) is 162 Å². The van der Waals surface area contributed by atoms with Crippen molar-refractivity contribution in [2.24, 2.45) is 23.7 Å². The van der Waals surface area contributed by atoms with Crippen LogP contribution in [0.5, 0.6) is 0 Å². The minimum Gasteiger partial charge on any atom is -0.310 e. The Labute approximate surface area is 312 Å². The van der Waals surface area contributed by atoms with Crippen LogP contribution in [0.15, 0.2) is 140 Å². The van der Waals surface area contributed by atoms with Crippen molar-refractivity contribution in [2.45, 2.75) is 63.2 Å². The first-order valence-electron chi connectivity index (χ1n) is 19.5. The molecule has 3 fully saturated rings. The summed E-state index contributed by atoms with van der Waals surface area (Å²) >= 11 is 1.91. The maximum absolute atomic E-state index is 2.69. The highest BCUT2D eigenvalue weighted by Gasteiger charge is 2.68. The number of thiophene rings is 1. The number of benzene rings is 6. The van der Waals surface area contributed by atoms with Gasteiger partial charge in [-0.25, -0.2) is 0 Å². The molecule has 1 unspecified atom stereocenters. The second-order valence-electron chi connectivity index (χ2n) is 17.1. The number of para-hydroxylation sites is 1. The van der Waals surface area contributed by atoms with Gasteiger partial charge < -0.3 is 4.90 Å². The molecule has 11 rings (SSSR count).